The number of hydrogen-bond acceptors (Lipinski definition) is 5. The van der Waals surface area contributed by atoms with Crippen LogP contribution in [-0.2, 0) is 13.1 Å². The van der Waals surface area contributed by atoms with Gasteiger partial charge in [-0.1, -0.05) is 0 Å². The van der Waals surface area contributed by atoms with Crippen LogP contribution in [0.15, 0.2) is 0 Å². The van der Waals surface area contributed by atoms with Gasteiger partial charge >= 0.3 is 0 Å². The fourth-order valence-electron chi connectivity index (χ4n) is 0.882. The Balaban J connectivity index is 4.18. The Morgan fingerprint density at radius 2 is 1.77 bits per heavy atom. The van der Waals surface area contributed by atoms with Crippen molar-refractivity contribution in [3.05, 3.63) is 0 Å². The molecule has 1 unspecified atom stereocenters. The van der Waals surface area contributed by atoms with E-state index in [9.17, 15) is 0 Å². The third-order valence-electron chi connectivity index (χ3n) is 1.65. The molecule has 0 rings (SSSR count). The van der Waals surface area contributed by atoms with Crippen LogP contribution in [0.4, 0.5) is 0 Å². The smallest absolute Gasteiger partial charge is 0.119 e. The van der Waals surface area contributed by atoms with Crippen LogP contribution in [0.2, 0.25) is 0 Å². The SMILES string of the molecule is CCOC(C)C([SiH3])(SOC)SOC. The van der Waals surface area contributed by atoms with Crippen LogP contribution in [0, 0.1) is 0 Å². The molecule has 0 aliphatic heterocycles. The minimum absolute atomic E-state index is 0.0838. The average Bonchev–Trinajstić information content (AvgIpc) is 2.05. The lowest BCUT2D eigenvalue weighted by molar-refractivity contribution is 0.0796. The van der Waals surface area contributed by atoms with Crippen LogP contribution >= 0.6 is 24.1 Å². The molecule has 13 heavy (non-hydrogen) atoms. The number of hydrogen-bond donors (Lipinski definition) is 0. The third-order valence-corrected chi connectivity index (χ3v) is 5.53. The van der Waals surface area contributed by atoms with Gasteiger partial charge in [0.2, 0.25) is 0 Å². The maximum atomic E-state index is 5.55. The molecule has 0 aliphatic rings. The van der Waals surface area contributed by atoms with Gasteiger partial charge in [0.05, 0.1) is 20.3 Å². The van der Waals surface area contributed by atoms with Crippen molar-refractivity contribution >= 4 is 34.3 Å². The molecule has 0 saturated carbocycles. The zero-order chi connectivity index (χ0) is 10.3. The first-order valence-corrected chi connectivity index (χ1v) is 6.64. The maximum absolute atomic E-state index is 5.55. The topological polar surface area (TPSA) is 27.7 Å². The quantitative estimate of drug-likeness (QED) is 0.377. The second-order valence-corrected chi connectivity index (χ2v) is 8.59. The van der Waals surface area contributed by atoms with Gasteiger partial charge in [-0.25, -0.2) is 0 Å². The molecule has 0 amide bonds. The molecule has 0 fully saturated rings. The van der Waals surface area contributed by atoms with E-state index >= 15 is 0 Å². The number of rotatable bonds is 7. The van der Waals surface area contributed by atoms with Gasteiger partial charge in [-0.15, -0.1) is 0 Å². The van der Waals surface area contributed by atoms with Crippen LogP contribution in [0.25, 0.3) is 0 Å². The first-order valence-electron chi connectivity index (χ1n) is 4.16. The van der Waals surface area contributed by atoms with Gasteiger partial charge in [-0.3, -0.25) is 0 Å². The summed E-state index contributed by atoms with van der Waals surface area (Å²) in [5.41, 5.74) is 0. The van der Waals surface area contributed by atoms with Gasteiger partial charge < -0.3 is 13.1 Å². The van der Waals surface area contributed by atoms with E-state index in [2.05, 4.69) is 6.92 Å². The molecule has 3 nitrogen and oxygen atoms in total. The van der Waals surface area contributed by atoms with E-state index in [1.165, 1.54) is 24.1 Å². The van der Waals surface area contributed by atoms with Gasteiger partial charge in [-0.05, 0) is 13.8 Å². The summed E-state index contributed by atoms with van der Waals surface area (Å²) in [5.74, 6) is 0. The van der Waals surface area contributed by atoms with Crippen molar-refractivity contribution in [1.29, 1.82) is 0 Å². The average molecular weight is 242 g/mol. The molecule has 80 valence electrons. The molecule has 0 radical (unpaired) electrons. The van der Waals surface area contributed by atoms with Gasteiger partial charge in [0.25, 0.3) is 0 Å². The van der Waals surface area contributed by atoms with Crippen molar-refractivity contribution in [3.8, 4) is 0 Å². The van der Waals surface area contributed by atoms with Crippen LogP contribution in [0.5, 0.6) is 0 Å². The van der Waals surface area contributed by atoms with Crippen LogP contribution < -0.4 is 0 Å². The summed E-state index contributed by atoms with van der Waals surface area (Å²) >= 11 is 2.85. The van der Waals surface area contributed by atoms with Gasteiger partial charge in [-0.2, -0.15) is 0 Å². The Hall–Kier alpha value is 0.797. The highest BCUT2D eigenvalue weighted by molar-refractivity contribution is 8.15. The minimum Gasteiger partial charge on any atom is -0.377 e. The lowest BCUT2D eigenvalue weighted by atomic mass is 10.4. The summed E-state index contributed by atoms with van der Waals surface area (Å²) in [6.45, 7) is 4.77. The van der Waals surface area contributed by atoms with Crippen LogP contribution in [0.3, 0.4) is 0 Å². The first-order chi connectivity index (χ1) is 6.10. The molecule has 0 saturated heterocycles. The molecular formula is C7H18O3S2Si. The fourth-order valence-corrected chi connectivity index (χ4v) is 3.64. The van der Waals surface area contributed by atoms with E-state index in [0.29, 0.717) is 0 Å². The Bertz CT molecular complexity index is 131. The summed E-state index contributed by atoms with van der Waals surface area (Å²) in [5, 5.41) is 0. The first kappa shape index (κ1) is 13.8. The van der Waals surface area contributed by atoms with Crippen molar-refractivity contribution in [1.82, 2.24) is 0 Å². The molecular weight excluding hydrogens is 224 g/mol. The van der Waals surface area contributed by atoms with Crippen molar-refractivity contribution in [2.45, 2.75) is 23.7 Å². The summed E-state index contributed by atoms with van der Waals surface area (Å²) < 4.78 is 15.7. The monoisotopic (exact) mass is 242 g/mol. The highest BCUT2D eigenvalue weighted by Gasteiger charge is 2.35. The molecule has 0 N–H and O–H groups in total. The summed E-state index contributed by atoms with van der Waals surface area (Å²) in [6.07, 6.45) is 0.138. The fraction of sp³-hybridized carbons (Fsp3) is 1.00. The molecule has 0 aromatic rings. The number of ether oxygens (including phenoxy) is 1. The van der Waals surface area contributed by atoms with E-state index < -0.39 is 0 Å². The predicted octanol–water partition coefficient (Wildman–Crippen LogP) is 1.02. The summed E-state index contributed by atoms with van der Waals surface area (Å²) in [7, 11) is 4.28. The molecule has 0 spiro atoms. The van der Waals surface area contributed by atoms with E-state index in [-0.39, 0.29) is 9.81 Å². The highest BCUT2D eigenvalue weighted by Crippen LogP contribution is 2.38. The third kappa shape index (κ3) is 4.71. The van der Waals surface area contributed by atoms with Gasteiger partial charge in [0.1, 0.15) is 3.70 Å². The largest absolute Gasteiger partial charge is 0.377 e. The molecule has 0 heterocycles. The minimum atomic E-state index is -0.0838. The van der Waals surface area contributed by atoms with E-state index in [1.807, 2.05) is 6.92 Å². The van der Waals surface area contributed by atoms with E-state index in [1.54, 1.807) is 14.2 Å². The van der Waals surface area contributed by atoms with Crippen molar-refractivity contribution < 1.29 is 13.1 Å². The molecule has 1 atom stereocenters. The van der Waals surface area contributed by atoms with Crippen LogP contribution in [0.1, 0.15) is 13.8 Å². The van der Waals surface area contributed by atoms with Crippen LogP contribution in [-0.4, -0.2) is 40.9 Å². The highest BCUT2D eigenvalue weighted by atomic mass is 32.2. The van der Waals surface area contributed by atoms with E-state index in [0.717, 1.165) is 16.8 Å². The second-order valence-electron chi connectivity index (χ2n) is 2.61. The lowest BCUT2D eigenvalue weighted by Crippen LogP contribution is -2.36. The Kier molecular flexibility index (Phi) is 7.57. The van der Waals surface area contributed by atoms with E-state index in [4.69, 9.17) is 13.1 Å². The Morgan fingerprint density at radius 3 is 2.08 bits per heavy atom. The van der Waals surface area contributed by atoms with Crippen molar-refractivity contribution in [2.24, 2.45) is 0 Å². The second kappa shape index (κ2) is 7.14. The summed E-state index contributed by atoms with van der Waals surface area (Å²) in [6, 6.07) is 0. The molecule has 0 aromatic carbocycles. The zero-order valence-electron chi connectivity index (χ0n) is 8.83. The standard InChI is InChI=1S/C7H18O3S2Si/c1-5-10-6(2)7(13,11-8-3)12-9-4/h6H,5H2,1-4,13H3. The normalized spacial score (nSPS) is 14.8. The maximum Gasteiger partial charge on any atom is 0.119 e. The zero-order valence-corrected chi connectivity index (χ0v) is 12.5. The Morgan fingerprint density at radius 1 is 1.31 bits per heavy atom. The summed E-state index contributed by atoms with van der Waals surface area (Å²) in [4.78, 5) is 0. The lowest BCUT2D eigenvalue weighted by Gasteiger charge is -2.31. The molecule has 0 aliphatic carbocycles. The Labute approximate surface area is 92.1 Å². The predicted molar refractivity (Wildman–Crippen MR) is 63.0 cm³/mol. The van der Waals surface area contributed by atoms with Crippen molar-refractivity contribution in [2.75, 3.05) is 20.8 Å². The van der Waals surface area contributed by atoms with Gasteiger partial charge in [0, 0.05) is 40.9 Å². The van der Waals surface area contributed by atoms with Crippen molar-refractivity contribution in [3.63, 3.8) is 0 Å². The van der Waals surface area contributed by atoms with Gasteiger partial charge in [0.15, 0.2) is 0 Å². The molecule has 6 heteroatoms. The molecule has 0 bridgehead atoms. The molecule has 0 aromatic heterocycles.